The summed E-state index contributed by atoms with van der Waals surface area (Å²) in [6.45, 7) is 3.85. The number of morpholine rings is 1. The molecule has 1 aliphatic rings. The average molecular weight is 275 g/mol. The number of carbonyl (C=O) groups is 1. The van der Waals surface area contributed by atoms with Crippen molar-refractivity contribution in [3.8, 4) is 0 Å². The Bertz CT molecular complexity index is 577. The van der Waals surface area contributed by atoms with Crippen LogP contribution in [0.5, 0.6) is 0 Å². The van der Waals surface area contributed by atoms with Gasteiger partial charge in [-0.1, -0.05) is 0 Å². The molecule has 0 unspecified atom stereocenters. The van der Waals surface area contributed by atoms with Crippen LogP contribution in [0, 0.1) is 6.92 Å². The Morgan fingerprint density at radius 2 is 2.50 bits per heavy atom. The molecule has 1 atom stereocenters. The summed E-state index contributed by atoms with van der Waals surface area (Å²) in [5.74, 6) is 0.0380. The molecule has 2 aromatic heterocycles. The molecule has 0 aromatic carbocycles. The van der Waals surface area contributed by atoms with Crippen molar-refractivity contribution in [1.82, 2.24) is 24.9 Å². The number of nitrogens with zero attached hydrogens (tertiary/aromatic N) is 4. The quantitative estimate of drug-likeness (QED) is 0.885. The van der Waals surface area contributed by atoms with Crippen molar-refractivity contribution in [2.45, 2.75) is 19.5 Å². The van der Waals surface area contributed by atoms with Crippen LogP contribution < -0.4 is 0 Å². The van der Waals surface area contributed by atoms with Crippen molar-refractivity contribution in [3.63, 3.8) is 0 Å². The number of aryl methyl sites for hydroxylation is 1. The molecule has 0 bridgehead atoms. The number of aromatic amines is 1. The van der Waals surface area contributed by atoms with Crippen LogP contribution in [0.25, 0.3) is 0 Å². The van der Waals surface area contributed by atoms with E-state index in [1.165, 1.54) is 0 Å². The lowest BCUT2D eigenvalue weighted by Gasteiger charge is -2.34. The van der Waals surface area contributed by atoms with Crippen LogP contribution in [0.1, 0.15) is 17.3 Å². The molecule has 1 fully saturated rings. The van der Waals surface area contributed by atoms with E-state index in [-0.39, 0.29) is 18.5 Å². The maximum absolute atomic E-state index is 12.5. The number of aromatic nitrogens is 4. The Morgan fingerprint density at radius 1 is 1.60 bits per heavy atom. The van der Waals surface area contributed by atoms with E-state index in [0.29, 0.717) is 19.8 Å². The molecule has 0 aliphatic carbocycles. The zero-order valence-corrected chi connectivity index (χ0v) is 11.3. The standard InChI is InChI=1S/C13H17N5O2/c1-10-6-15-17(7-10)8-13(19)18-4-5-20-9-12(18)11-2-3-14-16-11/h2-3,6-7,12H,4-5,8-9H2,1H3,(H,14,16)/t12-/m0/s1. The molecule has 7 heteroatoms. The number of rotatable bonds is 3. The molecule has 1 aliphatic heterocycles. The molecule has 1 N–H and O–H groups in total. The minimum atomic E-state index is -0.101. The SMILES string of the molecule is Cc1cnn(CC(=O)N2CCOC[C@H]2c2ccn[nH]2)c1. The van der Waals surface area contributed by atoms with Gasteiger partial charge in [0, 0.05) is 18.9 Å². The first-order valence-electron chi connectivity index (χ1n) is 6.59. The van der Waals surface area contributed by atoms with E-state index in [1.54, 1.807) is 17.1 Å². The number of nitrogens with one attached hydrogen (secondary N) is 1. The summed E-state index contributed by atoms with van der Waals surface area (Å²) in [5, 5.41) is 11.0. The number of amides is 1. The molecule has 20 heavy (non-hydrogen) atoms. The Morgan fingerprint density at radius 3 is 3.20 bits per heavy atom. The molecule has 1 amide bonds. The smallest absolute Gasteiger partial charge is 0.245 e. The maximum atomic E-state index is 12.5. The van der Waals surface area contributed by atoms with Gasteiger partial charge in [-0.2, -0.15) is 10.2 Å². The molecule has 7 nitrogen and oxygen atoms in total. The molecule has 0 radical (unpaired) electrons. The lowest BCUT2D eigenvalue weighted by Crippen LogP contribution is -2.45. The summed E-state index contributed by atoms with van der Waals surface area (Å²) >= 11 is 0. The van der Waals surface area contributed by atoms with Gasteiger partial charge in [0.05, 0.1) is 31.1 Å². The number of carbonyl (C=O) groups excluding carboxylic acids is 1. The molecule has 0 spiro atoms. The monoisotopic (exact) mass is 275 g/mol. The zero-order valence-electron chi connectivity index (χ0n) is 11.3. The summed E-state index contributed by atoms with van der Waals surface area (Å²) in [5.41, 5.74) is 1.94. The van der Waals surface area contributed by atoms with Gasteiger partial charge in [0.15, 0.2) is 0 Å². The van der Waals surface area contributed by atoms with Crippen LogP contribution in [-0.2, 0) is 16.1 Å². The van der Waals surface area contributed by atoms with Crippen molar-refractivity contribution in [2.24, 2.45) is 0 Å². The predicted molar refractivity (Wildman–Crippen MR) is 70.8 cm³/mol. The highest BCUT2D eigenvalue weighted by Gasteiger charge is 2.29. The summed E-state index contributed by atoms with van der Waals surface area (Å²) in [4.78, 5) is 14.3. The van der Waals surface area contributed by atoms with Gasteiger partial charge in [0.2, 0.25) is 5.91 Å². The van der Waals surface area contributed by atoms with Crippen LogP contribution in [-0.4, -0.2) is 50.5 Å². The number of hydrogen-bond donors (Lipinski definition) is 1. The minimum Gasteiger partial charge on any atom is -0.377 e. The van der Waals surface area contributed by atoms with Gasteiger partial charge in [0.25, 0.3) is 0 Å². The molecule has 0 saturated carbocycles. The van der Waals surface area contributed by atoms with Gasteiger partial charge in [-0.05, 0) is 18.6 Å². The molecular formula is C13H17N5O2. The van der Waals surface area contributed by atoms with Gasteiger partial charge >= 0.3 is 0 Å². The molecule has 3 heterocycles. The van der Waals surface area contributed by atoms with E-state index in [0.717, 1.165) is 11.3 Å². The van der Waals surface area contributed by atoms with Gasteiger partial charge in [-0.15, -0.1) is 0 Å². The van der Waals surface area contributed by atoms with Crippen LogP contribution in [0.4, 0.5) is 0 Å². The Labute approximate surface area is 116 Å². The number of ether oxygens (including phenoxy) is 1. The zero-order chi connectivity index (χ0) is 13.9. The highest BCUT2D eigenvalue weighted by atomic mass is 16.5. The summed E-state index contributed by atoms with van der Waals surface area (Å²) in [6, 6.07) is 1.77. The summed E-state index contributed by atoms with van der Waals surface area (Å²) in [6.07, 6.45) is 5.30. The molecule has 1 saturated heterocycles. The minimum absolute atomic E-state index is 0.0380. The summed E-state index contributed by atoms with van der Waals surface area (Å²) < 4.78 is 7.14. The van der Waals surface area contributed by atoms with Crippen molar-refractivity contribution in [1.29, 1.82) is 0 Å². The highest BCUT2D eigenvalue weighted by Crippen LogP contribution is 2.22. The second kappa shape index (κ2) is 5.46. The van der Waals surface area contributed by atoms with Crippen molar-refractivity contribution in [2.75, 3.05) is 19.8 Å². The third-order valence-electron chi connectivity index (χ3n) is 3.39. The van der Waals surface area contributed by atoms with Gasteiger partial charge < -0.3 is 9.64 Å². The van der Waals surface area contributed by atoms with Gasteiger partial charge in [-0.3, -0.25) is 14.6 Å². The Balaban J connectivity index is 1.74. The maximum Gasteiger partial charge on any atom is 0.245 e. The molecule has 2 aromatic rings. The van der Waals surface area contributed by atoms with E-state index in [4.69, 9.17) is 4.74 Å². The van der Waals surface area contributed by atoms with E-state index in [1.807, 2.05) is 24.1 Å². The van der Waals surface area contributed by atoms with Crippen LogP contribution >= 0.6 is 0 Å². The highest BCUT2D eigenvalue weighted by molar-refractivity contribution is 5.76. The largest absolute Gasteiger partial charge is 0.377 e. The fourth-order valence-electron chi connectivity index (χ4n) is 2.39. The number of hydrogen-bond acceptors (Lipinski definition) is 4. The predicted octanol–water partition coefficient (Wildman–Crippen LogP) is 0.515. The van der Waals surface area contributed by atoms with Crippen molar-refractivity contribution in [3.05, 3.63) is 35.9 Å². The van der Waals surface area contributed by atoms with Crippen molar-refractivity contribution >= 4 is 5.91 Å². The second-order valence-electron chi connectivity index (χ2n) is 4.91. The van der Waals surface area contributed by atoms with Crippen LogP contribution in [0.15, 0.2) is 24.7 Å². The van der Waals surface area contributed by atoms with Crippen LogP contribution in [0.2, 0.25) is 0 Å². The van der Waals surface area contributed by atoms with E-state index < -0.39 is 0 Å². The third kappa shape index (κ3) is 2.57. The first-order chi connectivity index (χ1) is 9.74. The molecule has 3 rings (SSSR count). The first kappa shape index (κ1) is 12.9. The average Bonchev–Trinajstić information content (AvgIpc) is 3.10. The molecular weight excluding hydrogens is 258 g/mol. The summed E-state index contributed by atoms with van der Waals surface area (Å²) in [7, 11) is 0. The number of H-pyrrole nitrogens is 1. The fraction of sp³-hybridized carbons (Fsp3) is 0.462. The first-order valence-corrected chi connectivity index (χ1v) is 6.59. The lowest BCUT2D eigenvalue weighted by atomic mass is 10.1. The Hall–Kier alpha value is -2.15. The third-order valence-corrected chi connectivity index (χ3v) is 3.39. The molecule has 106 valence electrons. The van der Waals surface area contributed by atoms with E-state index >= 15 is 0 Å². The lowest BCUT2D eigenvalue weighted by molar-refractivity contribution is -0.141. The van der Waals surface area contributed by atoms with Crippen LogP contribution in [0.3, 0.4) is 0 Å². The van der Waals surface area contributed by atoms with E-state index in [2.05, 4.69) is 15.3 Å². The van der Waals surface area contributed by atoms with Gasteiger partial charge in [-0.25, -0.2) is 0 Å². The van der Waals surface area contributed by atoms with E-state index in [9.17, 15) is 4.79 Å². The second-order valence-corrected chi connectivity index (χ2v) is 4.91. The van der Waals surface area contributed by atoms with Gasteiger partial charge in [0.1, 0.15) is 6.54 Å². The fourth-order valence-corrected chi connectivity index (χ4v) is 2.39. The Kier molecular flexibility index (Phi) is 3.51. The topological polar surface area (TPSA) is 76.0 Å². The normalized spacial score (nSPS) is 19.2. The van der Waals surface area contributed by atoms with Crippen molar-refractivity contribution < 1.29 is 9.53 Å².